The van der Waals surface area contributed by atoms with Gasteiger partial charge < -0.3 is 5.32 Å². The van der Waals surface area contributed by atoms with Crippen molar-refractivity contribution >= 4 is 11.6 Å². The highest BCUT2D eigenvalue weighted by atomic mass is 16.6. The molecule has 1 saturated carbocycles. The topological polar surface area (TPSA) is 93.3 Å². The molecule has 1 aromatic rings. The second-order valence-corrected chi connectivity index (χ2v) is 7.31. The lowest BCUT2D eigenvalue weighted by Gasteiger charge is -2.48. The summed E-state index contributed by atoms with van der Waals surface area (Å²) in [6.45, 7) is 2.71. The molecule has 0 bridgehead atoms. The molecule has 25 heavy (non-hydrogen) atoms. The number of rotatable bonds is 5. The lowest BCUT2D eigenvalue weighted by atomic mass is 9.79. The van der Waals surface area contributed by atoms with Crippen LogP contribution in [0.4, 0.5) is 5.69 Å². The predicted molar refractivity (Wildman–Crippen MR) is 93.4 cm³/mol. The predicted octanol–water partition coefficient (Wildman–Crippen LogP) is 2.25. The van der Waals surface area contributed by atoms with Crippen LogP contribution in [0.25, 0.3) is 0 Å². The highest BCUT2D eigenvalue weighted by Crippen LogP contribution is 2.35. The molecule has 0 aromatic carbocycles. The van der Waals surface area contributed by atoms with Crippen molar-refractivity contribution in [2.75, 3.05) is 19.6 Å². The number of carbonyl (C=O) groups excluding carboxylic acids is 1. The summed E-state index contributed by atoms with van der Waals surface area (Å²) in [5, 5.41) is 18.1. The Hall–Kier alpha value is -1.96. The fourth-order valence-corrected chi connectivity index (χ4v) is 4.28. The molecule has 2 fully saturated rings. The standard InChI is InChI=1S/C17H27N5O3/c1-20-12-14(22(24)25)15(19-20)16(23)18-13-17(8-4-2-5-9-17)21-10-6-3-7-11-21/h12H,2-11,13H2,1H3,(H,18,23). The van der Waals surface area contributed by atoms with E-state index in [-0.39, 0.29) is 16.9 Å². The fourth-order valence-electron chi connectivity index (χ4n) is 4.28. The number of likely N-dealkylation sites (tertiary alicyclic amines) is 1. The van der Waals surface area contributed by atoms with Gasteiger partial charge in [0.05, 0.1) is 4.92 Å². The van der Waals surface area contributed by atoms with Crippen molar-refractivity contribution in [3.63, 3.8) is 0 Å². The van der Waals surface area contributed by atoms with Crippen LogP contribution in [0.5, 0.6) is 0 Å². The number of amides is 1. The van der Waals surface area contributed by atoms with E-state index in [4.69, 9.17) is 0 Å². The summed E-state index contributed by atoms with van der Waals surface area (Å²) >= 11 is 0. The first-order valence-corrected chi connectivity index (χ1v) is 9.23. The van der Waals surface area contributed by atoms with E-state index in [1.54, 1.807) is 7.05 Å². The molecule has 0 atom stereocenters. The van der Waals surface area contributed by atoms with Crippen LogP contribution in [0.15, 0.2) is 6.20 Å². The second-order valence-electron chi connectivity index (χ2n) is 7.31. The summed E-state index contributed by atoms with van der Waals surface area (Å²) in [5.41, 5.74) is -0.342. The van der Waals surface area contributed by atoms with Crippen LogP contribution >= 0.6 is 0 Å². The van der Waals surface area contributed by atoms with E-state index in [0.717, 1.165) is 25.9 Å². The maximum absolute atomic E-state index is 12.5. The van der Waals surface area contributed by atoms with E-state index in [9.17, 15) is 14.9 Å². The van der Waals surface area contributed by atoms with Crippen LogP contribution in [0.2, 0.25) is 0 Å². The van der Waals surface area contributed by atoms with Crippen molar-refractivity contribution in [1.82, 2.24) is 20.0 Å². The van der Waals surface area contributed by atoms with Crippen LogP contribution in [0.1, 0.15) is 61.9 Å². The Morgan fingerprint density at radius 3 is 2.52 bits per heavy atom. The van der Waals surface area contributed by atoms with Gasteiger partial charge in [-0.2, -0.15) is 5.10 Å². The summed E-state index contributed by atoms with van der Waals surface area (Å²) < 4.78 is 1.31. The van der Waals surface area contributed by atoms with Gasteiger partial charge in [-0.25, -0.2) is 0 Å². The maximum atomic E-state index is 12.5. The highest BCUT2D eigenvalue weighted by molar-refractivity contribution is 5.96. The number of nitrogens with zero attached hydrogens (tertiary/aromatic N) is 4. The van der Waals surface area contributed by atoms with Gasteiger partial charge in [0.15, 0.2) is 0 Å². The zero-order chi connectivity index (χ0) is 17.9. The third-order valence-corrected chi connectivity index (χ3v) is 5.61. The van der Waals surface area contributed by atoms with Crippen molar-refractivity contribution in [3.8, 4) is 0 Å². The minimum Gasteiger partial charge on any atom is -0.349 e. The summed E-state index contributed by atoms with van der Waals surface area (Å²) in [6.07, 6.45) is 10.7. The Labute approximate surface area is 147 Å². The van der Waals surface area contributed by atoms with Crippen molar-refractivity contribution in [1.29, 1.82) is 0 Å². The zero-order valence-corrected chi connectivity index (χ0v) is 14.9. The molecule has 3 rings (SSSR count). The van der Waals surface area contributed by atoms with Gasteiger partial charge in [-0.15, -0.1) is 0 Å². The summed E-state index contributed by atoms with van der Waals surface area (Å²) in [4.78, 5) is 25.7. The Bertz CT molecular complexity index is 630. The van der Waals surface area contributed by atoms with Gasteiger partial charge in [-0.3, -0.25) is 24.5 Å². The third kappa shape index (κ3) is 3.84. The monoisotopic (exact) mass is 349 g/mol. The van der Waals surface area contributed by atoms with E-state index >= 15 is 0 Å². The first-order chi connectivity index (χ1) is 12.0. The first kappa shape index (κ1) is 17.8. The molecule has 8 nitrogen and oxygen atoms in total. The van der Waals surface area contributed by atoms with E-state index in [1.165, 1.54) is 49.4 Å². The van der Waals surface area contributed by atoms with Crippen molar-refractivity contribution in [2.45, 2.75) is 56.9 Å². The van der Waals surface area contributed by atoms with Gasteiger partial charge in [0.25, 0.3) is 5.91 Å². The Balaban J connectivity index is 1.72. The third-order valence-electron chi connectivity index (χ3n) is 5.61. The molecular formula is C17H27N5O3. The Kier molecular flexibility index (Phi) is 5.36. The largest absolute Gasteiger partial charge is 0.349 e. The quantitative estimate of drug-likeness (QED) is 0.650. The molecular weight excluding hydrogens is 322 g/mol. The number of piperidine rings is 1. The minimum atomic E-state index is -0.553. The van der Waals surface area contributed by atoms with Crippen LogP contribution in [0.3, 0.4) is 0 Å². The van der Waals surface area contributed by atoms with Gasteiger partial charge in [-0.1, -0.05) is 25.7 Å². The second kappa shape index (κ2) is 7.51. The average Bonchev–Trinajstić information content (AvgIpc) is 3.03. The summed E-state index contributed by atoms with van der Waals surface area (Å²) in [7, 11) is 1.58. The molecule has 1 aliphatic carbocycles. The number of hydrogen-bond donors (Lipinski definition) is 1. The molecule has 2 heterocycles. The zero-order valence-electron chi connectivity index (χ0n) is 14.9. The van der Waals surface area contributed by atoms with Crippen molar-refractivity contribution in [2.24, 2.45) is 7.05 Å². The molecule has 1 N–H and O–H groups in total. The summed E-state index contributed by atoms with van der Waals surface area (Å²) in [5.74, 6) is -0.450. The molecule has 1 aliphatic heterocycles. The van der Waals surface area contributed by atoms with Gasteiger partial charge in [0.2, 0.25) is 5.69 Å². The van der Waals surface area contributed by atoms with Gasteiger partial charge >= 0.3 is 5.69 Å². The molecule has 0 radical (unpaired) electrons. The van der Waals surface area contributed by atoms with Crippen LogP contribution < -0.4 is 5.32 Å². The fraction of sp³-hybridized carbons (Fsp3) is 0.765. The van der Waals surface area contributed by atoms with E-state index in [0.29, 0.717) is 6.54 Å². The van der Waals surface area contributed by atoms with Crippen molar-refractivity contribution < 1.29 is 9.72 Å². The molecule has 1 amide bonds. The van der Waals surface area contributed by atoms with E-state index in [2.05, 4.69) is 15.3 Å². The van der Waals surface area contributed by atoms with Crippen LogP contribution in [0, 0.1) is 10.1 Å². The number of aryl methyl sites for hydroxylation is 1. The minimum absolute atomic E-state index is 0.00209. The Morgan fingerprint density at radius 2 is 1.88 bits per heavy atom. The van der Waals surface area contributed by atoms with E-state index < -0.39 is 10.8 Å². The molecule has 138 valence electrons. The first-order valence-electron chi connectivity index (χ1n) is 9.23. The van der Waals surface area contributed by atoms with Gasteiger partial charge in [0, 0.05) is 19.1 Å². The lowest BCUT2D eigenvalue weighted by Crippen LogP contribution is -2.58. The van der Waals surface area contributed by atoms with Crippen LogP contribution in [-0.4, -0.2) is 50.7 Å². The molecule has 8 heteroatoms. The summed E-state index contributed by atoms with van der Waals surface area (Å²) in [6, 6.07) is 0. The highest BCUT2D eigenvalue weighted by Gasteiger charge is 2.39. The van der Waals surface area contributed by atoms with E-state index in [1.807, 2.05) is 0 Å². The lowest BCUT2D eigenvalue weighted by molar-refractivity contribution is -0.385. The molecule has 1 aromatic heterocycles. The van der Waals surface area contributed by atoms with Gasteiger partial charge in [0.1, 0.15) is 6.20 Å². The van der Waals surface area contributed by atoms with Crippen LogP contribution in [-0.2, 0) is 7.05 Å². The maximum Gasteiger partial charge on any atom is 0.320 e. The normalized spacial score (nSPS) is 21.0. The molecule has 2 aliphatic rings. The number of nitro groups is 1. The average molecular weight is 349 g/mol. The Morgan fingerprint density at radius 1 is 1.24 bits per heavy atom. The number of nitrogens with one attached hydrogen (secondary N) is 1. The number of aromatic nitrogens is 2. The van der Waals surface area contributed by atoms with Gasteiger partial charge in [-0.05, 0) is 38.8 Å². The smallest absolute Gasteiger partial charge is 0.320 e. The molecule has 0 spiro atoms. The van der Waals surface area contributed by atoms with Crippen molar-refractivity contribution in [3.05, 3.63) is 22.0 Å². The molecule has 1 saturated heterocycles. The molecule has 0 unspecified atom stereocenters. The SMILES string of the molecule is Cn1cc([N+](=O)[O-])c(C(=O)NCC2(N3CCCCC3)CCCCC2)n1. The number of hydrogen-bond acceptors (Lipinski definition) is 5. The number of carbonyl (C=O) groups is 1.